The Bertz CT molecular complexity index is 292. The minimum absolute atomic E-state index is 0.158. The van der Waals surface area contributed by atoms with Crippen molar-refractivity contribution in [2.75, 3.05) is 20.3 Å². The fraction of sp³-hybridized carbons (Fsp3) is 0.545. The molecule has 2 N–H and O–H groups in total. The van der Waals surface area contributed by atoms with Gasteiger partial charge in [-0.15, -0.1) is 0 Å². The van der Waals surface area contributed by atoms with E-state index in [1.807, 2.05) is 6.07 Å². The van der Waals surface area contributed by atoms with E-state index in [4.69, 9.17) is 15.2 Å². The Morgan fingerprint density at radius 2 is 2.33 bits per heavy atom. The zero-order valence-electron chi connectivity index (χ0n) is 9.27. The van der Waals surface area contributed by atoms with Gasteiger partial charge in [0.05, 0.1) is 26.0 Å². The summed E-state index contributed by atoms with van der Waals surface area (Å²) in [6.45, 7) is 3.31. The summed E-state index contributed by atoms with van der Waals surface area (Å²) >= 11 is 0. The summed E-state index contributed by atoms with van der Waals surface area (Å²) in [6.07, 6.45) is 4.37. The van der Waals surface area contributed by atoms with E-state index in [9.17, 15) is 0 Å². The predicted molar refractivity (Wildman–Crippen MR) is 58.8 cm³/mol. The molecular formula is C11H18N2O2. The van der Waals surface area contributed by atoms with Crippen LogP contribution in [0.25, 0.3) is 0 Å². The van der Waals surface area contributed by atoms with Gasteiger partial charge < -0.3 is 15.2 Å². The van der Waals surface area contributed by atoms with Crippen LogP contribution in [-0.4, -0.2) is 25.3 Å². The molecule has 1 aromatic rings. The second-order valence-electron chi connectivity index (χ2n) is 3.30. The van der Waals surface area contributed by atoms with E-state index in [0.29, 0.717) is 12.4 Å². The number of aromatic nitrogens is 1. The lowest BCUT2D eigenvalue weighted by Crippen LogP contribution is -2.18. The van der Waals surface area contributed by atoms with Gasteiger partial charge in [-0.1, -0.05) is 6.92 Å². The molecular weight excluding hydrogens is 192 g/mol. The van der Waals surface area contributed by atoms with Crippen LogP contribution in [0.3, 0.4) is 0 Å². The minimum Gasteiger partial charge on any atom is -0.495 e. The average Bonchev–Trinajstić information content (AvgIpc) is 2.29. The number of ether oxygens (including phenoxy) is 2. The predicted octanol–water partition coefficient (Wildman–Crippen LogP) is 1.52. The van der Waals surface area contributed by atoms with Gasteiger partial charge in [0.2, 0.25) is 0 Å². The Morgan fingerprint density at radius 3 is 3.00 bits per heavy atom. The second-order valence-corrected chi connectivity index (χ2v) is 3.30. The van der Waals surface area contributed by atoms with E-state index >= 15 is 0 Å². The van der Waals surface area contributed by atoms with Crippen molar-refractivity contribution in [1.29, 1.82) is 0 Å². The van der Waals surface area contributed by atoms with Crippen molar-refractivity contribution in [3.63, 3.8) is 0 Å². The summed E-state index contributed by atoms with van der Waals surface area (Å²) in [4.78, 5) is 3.97. The van der Waals surface area contributed by atoms with Crippen molar-refractivity contribution in [2.24, 2.45) is 5.73 Å². The van der Waals surface area contributed by atoms with Crippen LogP contribution in [0.2, 0.25) is 0 Å². The first-order chi connectivity index (χ1) is 7.29. The highest BCUT2D eigenvalue weighted by atomic mass is 16.5. The maximum absolute atomic E-state index is 5.98. The number of hydrogen-bond acceptors (Lipinski definition) is 4. The van der Waals surface area contributed by atoms with Crippen molar-refractivity contribution in [3.05, 3.63) is 24.0 Å². The van der Waals surface area contributed by atoms with Crippen LogP contribution in [0.4, 0.5) is 0 Å². The Kier molecular flexibility index (Phi) is 5.07. The maximum Gasteiger partial charge on any atom is 0.141 e. The molecule has 0 aliphatic heterocycles. The van der Waals surface area contributed by atoms with Crippen molar-refractivity contribution >= 4 is 0 Å². The number of rotatable bonds is 6. The van der Waals surface area contributed by atoms with Crippen LogP contribution in [0.15, 0.2) is 18.5 Å². The molecule has 0 aliphatic carbocycles. The van der Waals surface area contributed by atoms with Crippen LogP contribution in [-0.2, 0) is 4.74 Å². The largest absolute Gasteiger partial charge is 0.495 e. The van der Waals surface area contributed by atoms with E-state index in [2.05, 4.69) is 11.9 Å². The lowest BCUT2D eigenvalue weighted by molar-refractivity contribution is 0.121. The van der Waals surface area contributed by atoms with Gasteiger partial charge in [0, 0.05) is 18.4 Å². The lowest BCUT2D eigenvalue weighted by atomic mass is 10.1. The number of methoxy groups -OCH3 is 1. The van der Waals surface area contributed by atoms with Crippen LogP contribution >= 0.6 is 0 Å². The highest BCUT2D eigenvalue weighted by Crippen LogP contribution is 2.21. The molecule has 0 saturated heterocycles. The molecule has 15 heavy (non-hydrogen) atoms. The van der Waals surface area contributed by atoms with Crippen LogP contribution in [0, 0.1) is 0 Å². The van der Waals surface area contributed by atoms with E-state index in [0.717, 1.165) is 18.6 Å². The molecule has 0 spiro atoms. The molecule has 1 heterocycles. The third kappa shape index (κ3) is 3.49. The molecule has 4 heteroatoms. The van der Waals surface area contributed by atoms with Gasteiger partial charge in [0.25, 0.3) is 0 Å². The first-order valence-corrected chi connectivity index (χ1v) is 5.10. The molecule has 0 bridgehead atoms. The zero-order valence-corrected chi connectivity index (χ0v) is 9.27. The van der Waals surface area contributed by atoms with Gasteiger partial charge in [-0.25, -0.2) is 0 Å². The summed E-state index contributed by atoms with van der Waals surface area (Å²) in [6, 6.07) is 1.70. The minimum atomic E-state index is -0.158. The smallest absolute Gasteiger partial charge is 0.141 e. The van der Waals surface area contributed by atoms with Crippen molar-refractivity contribution in [1.82, 2.24) is 4.98 Å². The van der Waals surface area contributed by atoms with Crippen molar-refractivity contribution in [2.45, 2.75) is 19.4 Å². The topological polar surface area (TPSA) is 57.4 Å². The molecule has 1 unspecified atom stereocenters. The molecule has 0 amide bonds. The van der Waals surface area contributed by atoms with E-state index < -0.39 is 0 Å². The van der Waals surface area contributed by atoms with Crippen LogP contribution in [0.5, 0.6) is 5.75 Å². The molecule has 1 atom stereocenters. The molecule has 0 saturated carbocycles. The van der Waals surface area contributed by atoms with E-state index in [-0.39, 0.29) is 6.04 Å². The van der Waals surface area contributed by atoms with Crippen LogP contribution in [0.1, 0.15) is 24.9 Å². The normalized spacial score (nSPS) is 12.5. The van der Waals surface area contributed by atoms with Gasteiger partial charge in [-0.3, -0.25) is 4.98 Å². The van der Waals surface area contributed by atoms with Crippen molar-refractivity contribution in [3.8, 4) is 5.75 Å². The fourth-order valence-corrected chi connectivity index (χ4v) is 1.31. The summed E-state index contributed by atoms with van der Waals surface area (Å²) in [5.41, 5.74) is 6.91. The van der Waals surface area contributed by atoms with Gasteiger partial charge in [0.15, 0.2) is 0 Å². The first-order valence-electron chi connectivity index (χ1n) is 5.10. The Labute approximate surface area is 90.4 Å². The first kappa shape index (κ1) is 11.9. The molecule has 1 rings (SSSR count). The summed E-state index contributed by atoms with van der Waals surface area (Å²) in [5, 5.41) is 0. The number of hydrogen-bond donors (Lipinski definition) is 1. The van der Waals surface area contributed by atoms with Crippen molar-refractivity contribution < 1.29 is 9.47 Å². The number of pyridine rings is 1. The Balaban J connectivity index is 2.59. The second kappa shape index (κ2) is 6.37. The maximum atomic E-state index is 5.98. The molecule has 4 nitrogen and oxygen atoms in total. The van der Waals surface area contributed by atoms with Gasteiger partial charge in [-0.2, -0.15) is 0 Å². The quantitative estimate of drug-likeness (QED) is 0.723. The molecule has 0 aromatic carbocycles. The summed E-state index contributed by atoms with van der Waals surface area (Å²) in [5.74, 6) is 0.713. The Morgan fingerprint density at radius 1 is 1.53 bits per heavy atom. The molecule has 0 fully saturated rings. The van der Waals surface area contributed by atoms with E-state index in [1.54, 1.807) is 19.5 Å². The highest BCUT2D eigenvalue weighted by Gasteiger charge is 2.11. The van der Waals surface area contributed by atoms with Gasteiger partial charge in [-0.05, 0) is 12.5 Å². The average molecular weight is 210 g/mol. The monoisotopic (exact) mass is 210 g/mol. The summed E-state index contributed by atoms with van der Waals surface area (Å²) in [7, 11) is 1.61. The van der Waals surface area contributed by atoms with Crippen LogP contribution < -0.4 is 10.5 Å². The number of nitrogens with two attached hydrogens (primary N) is 1. The van der Waals surface area contributed by atoms with E-state index in [1.165, 1.54) is 0 Å². The van der Waals surface area contributed by atoms with Gasteiger partial charge >= 0.3 is 0 Å². The summed E-state index contributed by atoms with van der Waals surface area (Å²) < 4.78 is 10.6. The lowest BCUT2D eigenvalue weighted by Gasteiger charge is -2.14. The van der Waals surface area contributed by atoms with Gasteiger partial charge in [0.1, 0.15) is 5.75 Å². The molecule has 0 aliphatic rings. The fourth-order valence-electron chi connectivity index (χ4n) is 1.31. The molecule has 84 valence electrons. The highest BCUT2D eigenvalue weighted by molar-refractivity contribution is 5.32. The standard InChI is InChI=1S/C11H18N2O2/c1-3-6-15-8-10(12)9-4-5-13-7-11(9)14-2/h4-5,7,10H,3,6,8,12H2,1-2H3. The SMILES string of the molecule is CCCOCC(N)c1ccncc1OC. The third-order valence-corrected chi connectivity index (χ3v) is 2.08. The molecule has 0 radical (unpaired) electrons. The Hall–Kier alpha value is -1.13. The molecule has 1 aromatic heterocycles. The third-order valence-electron chi connectivity index (χ3n) is 2.08. The zero-order chi connectivity index (χ0) is 11.1. The number of nitrogens with zero attached hydrogens (tertiary/aromatic N) is 1.